The summed E-state index contributed by atoms with van der Waals surface area (Å²) in [6, 6.07) is 32.1. The summed E-state index contributed by atoms with van der Waals surface area (Å²) in [6.45, 7) is 12.6. The number of aromatic hydroxyl groups is 2. The molecule has 0 spiro atoms. The Balaban J connectivity index is 0.000000196. The highest BCUT2D eigenvalue weighted by atomic mass is 32.1. The summed E-state index contributed by atoms with van der Waals surface area (Å²) in [7, 11) is 0. The predicted octanol–water partition coefficient (Wildman–Crippen LogP) is 13.4. The van der Waals surface area contributed by atoms with Crippen LogP contribution in [0.4, 0.5) is 0 Å². The number of hydrogen-bond donors (Lipinski definition) is 2. The summed E-state index contributed by atoms with van der Waals surface area (Å²) < 4.78 is 23.1. The smallest absolute Gasteiger partial charge is 0.297 e. The Morgan fingerprint density at radius 3 is 1.41 bits per heavy atom. The third-order valence-corrected chi connectivity index (χ3v) is 13.2. The number of phenolic OH excluding ortho intramolecular Hbond substituents is 2. The molecule has 0 amide bonds. The molecule has 0 atom stereocenters. The summed E-state index contributed by atoms with van der Waals surface area (Å²) in [5, 5.41) is 21.4. The van der Waals surface area contributed by atoms with E-state index in [0.717, 1.165) is 64.7 Å². The van der Waals surface area contributed by atoms with E-state index in [1.165, 1.54) is 35.2 Å². The molecule has 66 heavy (non-hydrogen) atoms. The number of hydrogen-bond acceptors (Lipinski definition) is 12. The maximum atomic E-state index is 13.7. The minimum absolute atomic E-state index is 0.111. The molecule has 2 aromatic heterocycles. The Labute approximate surface area is 389 Å². The number of aryl methyl sites for hydroxylation is 4. The molecule has 0 fully saturated rings. The Kier molecular flexibility index (Phi) is 14.3. The number of fused-ring (bicyclic) bond motifs is 2. The molecule has 2 N–H and O–H groups in total. The van der Waals surface area contributed by atoms with Crippen LogP contribution < -0.4 is 9.47 Å². The molecule has 332 valence electrons. The first-order chi connectivity index (χ1) is 31.7. The fourth-order valence-electron chi connectivity index (χ4n) is 7.15. The molecule has 10 nitrogen and oxygen atoms in total. The van der Waals surface area contributed by atoms with E-state index in [2.05, 4.69) is 15.5 Å². The van der Waals surface area contributed by atoms with Gasteiger partial charge < -0.3 is 29.2 Å². The Bertz CT molecular complexity index is 3170. The first-order valence-electron chi connectivity index (χ1n) is 20.6. The Hall–Kier alpha value is -7.80. The zero-order valence-electron chi connectivity index (χ0n) is 36.8. The lowest BCUT2D eigenvalue weighted by Gasteiger charge is -2.11. The van der Waals surface area contributed by atoms with Crippen molar-refractivity contribution in [1.82, 2.24) is 0 Å². The van der Waals surface area contributed by atoms with Gasteiger partial charge in [0.25, 0.3) is 12.9 Å². The van der Waals surface area contributed by atoms with Crippen LogP contribution in [0, 0.1) is 41.5 Å². The summed E-state index contributed by atoms with van der Waals surface area (Å²) in [5.74, 6) is 2.07. The average Bonchev–Trinajstić information content (AvgIpc) is 3.84. The van der Waals surface area contributed by atoms with Crippen molar-refractivity contribution in [3.05, 3.63) is 187 Å². The van der Waals surface area contributed by atoms with Crippen molar-refractivity contribution < 1.29 is 48.3 Å². The zero-order valence-corrected chi connectivity index (χ0v) is 38.5. The van der Waals surface area contributed by atoms with Crippen molar-refractivity contribution in [2.75, 3.05) is 0 Å². The summed E-state index contributed by atoms with van der Waals surface area (Å²) >= 11 is 2.60. The quantitative estimate of drug-likeness (QED) is 0.0614. The van der Waals surface area contributed by atoms with Gasteiger partial charge in [-0.3, -0.25) is 19.2 Å². The number of benzene rings is 6. The van der Waals surface area contributed by atoms with Gasteiger partial charge in [-0.1, -0.05) is 35.9 Å². The van der Waals surface area contributed by atoms with E-state index in [-0.39, 0.29) is 23.1 Å². The van der Waals surface area contributed by atoms with Gasteiger partial charge in [-0.25, -0.2) is 0 Å². The van der Waals surface area contributed by atoms with E-state index in [0.29, 0.717) is 56.8 Å². The first-order valence-corrected chi connectivity index (χ1v) is 22.2. The lowest BCUT2D eigenvalue weighted by Crippen LogP contribution is -2.05. The molecule has 0 radical (unpaired) electrons. The van der Waals surface area contributed by atoms with E-state index in [4.69, 9.17) is 9.47 Å². The van der Waals surface area contributed by atoms with Gasteiger partial charge in [-0.2, -0.15) is 0 Å². The van der Waals surface area contributed by atoms with Gasteiger partial charge in [0.15, 0.2) is 11.5 Å². The van der Waals surface area contributed by atoms with Crippen LogP contribution in [0.25, 0.3) is 32.3 Å². The molecule has 0 aliphatic heterocycles. The number of ketones is 2. The molecule has 8 rings (SSSR count). The minimum atomic E-state index is -0.123. The largest absolute Gasteiger partial charge is 0.508 e. The average molecular weight is 917 g/mol. The molecule has 6 aromatic carbocycles. The van der Waals surface area contributed by atoms with Crippen molar-refractivity contribution in [2.24, 2.45) is 0 Å². The standard InChI is InChI=1S/2C27H22O5S/c1-16-12-20(13-17(2)18(16)3)25(30)27-26(23-9-6-21(29)14-24(23)33-27)32-22-7-4-19(5-8-22)10-11-31-15-28;1-16-12-17(2)18(3)23(13-16)25(30)27-26(22-9-6-20(29)14-24(22)33-27)32-21-7-4-19(5-8-21)10-11-31-15-28/h2*4-15,29H,1-3H3/b2*11-10+. The van der Waals surface area contributed by atoms with Crippen LogP contribution in [0.15, 0.2) is 122 Å². The van der Waals surface area contributed by atoms with E-state index < -0.39 is 0 Å². The van der Waals surface area contributed by atoms with Crippen LogP contribution in [0.5, 0.6) is 34.5 Å². The number of carbonyl (C=O) groups excluding carboxylic acids is 4. The molecular weight excluding hydrogens is 873 g/mol. The van der Waals surface area contributed by atoms with Crippen LogP contribution in [0.2, 0.25) is 0 Å². The van der Waals surface area contributed by atoms with Gasteiger partial charge in [0.05, 0.1) is 12.5 Å². The molecule has 2 heterocycles. The van der Waals surface area contributed by atoms with Crippen LogP contribution in [0.3, 0.4) is 0 Å². The van der Waals surface area contributed by atoms with Gasteiger partial charge in [-0.15, -0.1) is 22.7 Å². The minimum Gasteiger partial charge on any atom is -0.508 e. The maximum absolute atomic E-state index is 13.7. The van der Waals surface area contributed by atoms with Crippen molar-refractivity contribution in [3.8, 4) is 34.5 Å². The molecular formula is C54H44O10S2. The number of carbonyl (C=O) groups is 4. The highest BCUT2D eigenvalue weighted by Gasteiger charge is 2.25. The second-order valence-corrected chi connectivity index (χ2v) is 17.5. The first kappa shape index (κ1) is 46.2. The predicted molar refractivity (Wildman–Crippen MR) is 261 cm³/mol. The highest BCUT2D eigenvalue weighted by Crippen LogP contribution is 2.44. The summed E-state index contributed by atoms with van der Waals surface area (Å²) in [6.07, 6.45) is 5.89. The van der Waals surface area contributed by atoms with E-state index in [1.807, 2.05) is 84.0 Å². The number of thiophene rings is 2. The van der Waals surface area contributed by atoms with E-state index >= 15 is 0 Å². The highest BCUT2D eigenvalue weighted by molar-refractivity contribution is 7.22. The van der Waals surface area contributed by atoms with Crippen molar-refractivity contribution in [2.45, 2.75) is 41.5 Å². The van der Waals surface area contributed by atoms with Crippen LogP contribution in [-0.2, 0) is 19.1 Å². The second-order valence-electron chi connectivity index (χ2n) is 15.4. The van der Waals surface area contributed by atoms with Gasteiger partial charge in [0.2, 0.25) is 11.6 Å². The van der Waals surface area contributed by atoms with Gasteiger partial charge in [0.1, 0.15) is 32.8 Å². The molecule has 0 saturated carbocycles. The van der Waals surface area contributed by atoms with Crippen molar-refractivity contribution >= 4 is 79.5 Å². The molecule has 12 heteroatoms. The number of rotatable bonds is 14. The third kappa shape index (κ3) is 10.4. The van der Waals surface area contributed by atoms with Gasteiger partial charge in [0, 0.05) is 31.3 Å². The lowest BCUT2D eigenvalue weighted by molar-refractivity contribution is -0.124. The molecule has 0 bridgehead atoms. The fraction of sp³-hybridized carbons (Fsp3) is 0.111. The lowest BCUT2D eigenvalue weighted by atomic mass is 9.96. The van der Waals surface area contributed by atoms with Crippen molar-refractivity contribution in [1.29, 1.82) is 0 Å². The number of ether oxygens (including phenoxy) is 4. The van der Waals surface area contributed by atoms with Crippen LogP contribution >= 0.6 is 22.7 Å². The van der Waals surface area contributed by atoms with Gasteiger partial charge in [-0.05, 0) is 172 Å². The fourth-order valence-corrected chi connectivity index (χ4v) is 9.39. The normalized spacial score (nSPS) is 11.1. The zero-order chi connectivity index (χ0) is 47.1. The van der Waals surface area contributed by atoms with Crippen LogP contribution in [-0.4, -0.2) is 34.7 Å². The second kappa shape index (κ2) is 20.4. The monoisotopic (exact) mass is 916 g/mol. The van der Waals surface area contributed by atoms with Crippen LogP contribution in [0.1, 0.15) is 75.0 Å². The summed E-state index contributed by atoms with van der Waals surface area (Å²) in [4.78, 5) is 48.7. The van der Waals surface area contributed by atoms with E-state index in [1.54, 1.807) is 72.8 Å². The van der Waals surface area contributed by atoms with Gasteiger partial charge >= 0.3 is 0 Å². The molecule has 0 saturated heterocycles. The van der Waals surface area contributed by atoms with E-state index in [9.17, 15) is 29.4 Å². The topological polar surface area (TPSA) is 146 Å². The molecule has 0 aliphatic rings. The SMILES string of the molecule is Cc1cc(C(=O)c2sc3cc(O)ccc3c2Oc2ccc(/C=C/OC=O)cc2)cc(C)c1C.Cc1cc(C)c(C)c(C(=O)c2sc3cc(O)ccc3c2Oc2ccc(/C=C/OC=O)cc2)c1. The van der Waals surface area contributed by atoms with Crippen molar-refractivity contribution in [3.63, 3.8) is 0 Å². The molecule has 0 aliphatic carbocycles. The Morgan fingerprint density at radius 2 is 0.955 bits per heavy atom. The molecule has 0 unspecified atom stereocenters. The summed E-state index contributed by atoms with van der Waals surface area (Å²) in [5.41, 5.74) is 9.19. The number of phenols is 2. The maximum Gasteiger partial charge on any atom is 0.297 e. The Morgan fingerprint density at radius 1 is 0.515 bits per heavy atom. The molecule has 8 aromatic rings. The third-order valence-electron chi connectivity index (χ3n) is 10.9.